The van der Waals surface area contributed by atoms with Crippen LogP contribution >= 0.6 is 0 Å². The van der Waals surface area contributed by atoms with Crippen LogP contribution in [0.25, 0.3) is 0 Å². The van der Waals surface area contributed by atoms with Crippen LogP contribution in [0.1, 0.15) is 30.6 Å². The van der Waals surface area contributed by atoms with Crippen LogP contribution in [0.15, 0.2) is 48.5 Å². The number of ether oxygens (including phenoxy) is 3. The summed E-state index contributed by atoms with van der Waals surface area (Å²) in [4.78, 5) is 23.8. The summed E-state index contributed by atoms with van der Waals surface area (Å²) in [5.74, 6) is 0.436. The largest absolute Gasteiger partial charge is 0.492 e. The first-order valence-electron chi connectivity index (χ1n) is 8.55. The molecule has 0 spiro atoms. The third-order valence-electron chi connectivity index (χ3n) is 3.38. The van der Waals surface area contributed by atoms with Crippen LogP contribution < -0.4 is 14.8 Å². The molecule has 2 aromatic carbocycles. The number of benzene rings is 2. The molecule has 0 radical (unpaired) electrons. The highest BCUT2D eigenvalue weighted by Gasteiger charge is 2.10. The summed E-state index contributed by atoms with van der Waals surface area (Å²) in [6.07, 6.45) is 0.766. The minimum absolute atomic E-state index is 0.159. The average molecular weight is 357 g/mol. The van der Waals surface area contributed by atoms with Crippen molar-refractivity contribution in [1.29, 1.82) is 0 Å². The zero-order valence-corrected chi connectivity index (χ0v) is 15.0. The molecule has 0 bridgehead atoms. The topological polar surface area (TPSA) is 73.9 Å². The second-order valence-corrected chi connectivity index (χ2v) is 5.42. The highest BCUT2D eigenvalue weighted by Crippen LogP contribution is 2.24. The lowest BCUT2D eigenvalue weighted by molar-refractivity contribution is -0.146. The Hall–Kier alpha value is -3.02. The van der Waals surface area contributed by atoms with Gasteiger partial charge < -0.3 is 19.5 Å². The summed E-state index contributed by atoms with van der Waals surface area (Å²) in [5.41, 5.74) is 1.08. The van der Waals surface area contributed by atoms with E-state index in [1.54, 1.807) is 36.4 Å². The molecule has 2 aromatic rings. The van der Waals surface area contributed by atoms with E-state index in [9.17, 15) is 9.59 Å². The fourth-order valence-corrected chi connectivity index (χ4v) is 2.15. The summed E-state index contributed by atoms with van der Waals surface area (Å²) in [6, 6.07) is 13.8. The lowest BCUT2D eigenvalue weighted by Crippen LogP contribution is -2.15. The third-order valence-corrected chi connectivity index (χ3v) is 3.38. The van der Waals surface area contributed by atoms with Crippen molar-refractivity contribution in [2.24, 2.45) is 0 Å². The lowest BCUT2D eigenvalue weighted by Gasteiger charge is -2.11. The molecule has 2 rings (SSSR count). The van der Waals surface area contributed by atoms with Gasteiger partial charge in [-0.3, -0.25) is 4.79 Å². The molecule has 0 heterocycles. The molecule has 0 aliphatic heterocycles. The molecule has 0 fully saturated rings. The number of hydrogen-bond acceptors (Lipinski definition) is 5. The minimum atomic E-state index is -0.416. The number of carbonyl (C=O) groups excluding carboxylic acids is 2. The smallest absolute Gasteiger partial charge is 0.344 e. The minimum Gasteiger partial charge on any atom is -0.492 e. The highest BCUT2D eigenvalue weighted by molar-refractivity contribution is 6.05. The highest BCUT2D eigenvalue weighted by atomic mass is 16.6. The summed E-state index contributed by atoms with van der Waals surface area (Å²) < 4.78 is 15.8. The first kappa shape index (κ1) is 19.3. The van der Waals surface area contributed by atoms with Gasteiger partial charge in [0.1, 0.15) is 11.5 Å². The average Bonchev–Trinajstić information content (AvgIpc) is 2.66. The summed E-state index contributed by atoms with van der Waals surface area (Å²) >= 11 is 0. The Labute approximate surface area is 153 Å². The van der Waals surface area contributed by atoms with Gasteiger partial charge in [-0.05, 0) is 49.7 Å². The first-order chi connectivity index (χ1) is 12.6. The van der Waals surface area contributed by atoms with E-state index in [2.05, 4.69) is 5.32 Å². The summed E-state index contributed by atoms with van der Waals surface area (Å²) in [6.45, 7) is 4.54. The predicted molar refractivity (Wildman–Crippen MR) is 98.8 cm³/mol. The van der Waals surface area contributed by atoms with E-state index in [-0.39, 0.29) is 12.5 Å². The van der Waals surface area contributed by atoms with Gasteiger partial charge in [0.25, 0.3) is 5.91 Å². The Morgan fingerprint density at radius 1 is 0.962 bits per heavy atom. The van der Waals surface area contributed by atoms with Crippen molar-refractivity contribution in [3.63, 3.8) is 0 Å². The number of esters is 1. The molecule has 6 nitrogen and oxygen atoms in total. The van der Waals surface area contributed by atoms with E-state index in [1.807, 2.05) is 26.0 Å². The van der Waals surface area contributed by atoms with E-state index < -0.39 is 5.97 Å². The number of amides is 1. The molecule has 0 unspecified atom stereocenters. The van der Waals surface area contributed by atoms with Gasteiger partial charge in [-0.1, -0.05) is 19.1 Å². The zero-order chi connectivity index (χ0) is 18.8. The van der Waals surface area contributed by atoms with Gasteiger partial charge in [-0.15, -0.1) is 0 Å². The maximum atomic E-state index is 12.4. The van der Waals surface area contributed by atoms with Gasteiger partial charge in [0.15, 0.2) is 6.61 Å². The van der Waals surface area contributed by atoms with Gasteiger partial charge in [-0.2, -0.15) is 0 Å². The van der Waals surface area contributed by atoms with E-state index >= 15 is 0 Å². The summed E-state index contributed by atoms with van der Waals surface area (Å²) in [5, 5.41) is 2.83. The van der Waals surface area contributed by atoms with Crippen LogP contribution in [0, 0.1) is 0 Å². The Morgan fingerprint density at radius 2 is 1.69 bits per heavy atom. The maximum Gasteiger partial charge on any atom is 0.344 e. The van der Waals surface area contributed by atoms with Gasteiger partial charge in [0, 0.05) is 5.56 Å². The van der Waals surface area contributed by atoms with E-state index in [0.717, 1.165) is 6.42 Å². The second kappa shape index (κ2) is 10.1. The maximum absolute atomic E-state index is 12.4. The molecule has 0 saturated carbocycles. The summed E-state index contributed by atoms with van der Waals surface area (Å²) in [7, 11) is 0. The van der Waals surface area contributed by atoms with Crippen molar-refractivity contribution >= 4 is 17.6 Å². The first-order valence-corrected chi connectivity index (χ1v) is 8.55. The molecule has 26 heavy (non-hydrogen) atoms. The van der Waals surface area contributed by atoms with Gasteiger partial charge in [0.05, 0.1) is 18.9 Å². The molecule has 1 N–H and O–H groups in total. The fourth-order valence-electron chi connectivity index (χ4n) is 2.15. The Kier molecular flexibility index (Phi) is 7.49. The van der Waals surface area contributed by atoms with Crippen LogP contribution in [0.4, 0.5) is 5.69 Å². The van der Waals surface area contributed by atoms with E-state index in [1.165, 1.54) is 0 Å². The van der Waals surface area contributed by atoms with E-state index in [4.69, 9.17) is 14.2 Å². The number of nitrogens with one attached hydrogen (secondary N) is 1. The van der Waals surface area contributed by atoms with Crippen LogP contribution in [0.3, 0.4) is 0 Å². The number of carbonyl (C=O) groups is 2. The number of para-hydroxylation sites is 2. The Morgan fingerprint density at radius 3 is 2.38 bits per heavy atom. The monoisotopic (exact) mass is 357 g/mol. The normalized spacial score (nSPS) is 10.1. The standard InChI is InChI=1S/C20H23NO5/c1-3-13-25-19(22)14-26-16-11-9-15(10-12-16)20(23)21-17-7-5-6-8-18(17)24-4-2/h5-12H,3-4,13-14H2,1-2H3,(H,21,23). The zero-order valence-electron chi connectivity index (χ0n) is 15.0. The van der Waals surface area contributed by atoms with Crippen molar-refractivity contribution in [2.75, 3.05) is 25.1 Å². The predicted octanol–water partition coefficient (Wildman–Crippen LogP) is 3.67. The number of hydrogen-bond donors (Lipinski definition) is 1. The molecular formula is C20H23NO5. The van der Waals surface area contributed by atoms with Gasteiger partial charge in [0.2, 0.25) is 0 Å². The van der Waals surface area contributed by atoms with Gasteiger partial charge >= 0.3 is 5.97 Å². The van der Waals surface area contributed by atoms with Crippen molar-refractivity contribution in [2.45, 2.75) is 20.3 Å². The molecular weight excluding hydrogens is 334 g/mol. The van der Waals surface area contributed by atoms with Crippen molar-refractivity contribution < 1.29 is 23.8 Å². The third kappa shape index (κ3) is 5.81. The molecule has 0 aromatic heterocycles. The fraction of sp³-hybridized carbons (Fsp3) is 0.300. The Bertz CT molecular complexity index is 727. The molecule has 138 valence electrons. The van der Waals surface area contributed by atoms with Crippen LogP contribution in [-0.2, 0) is 9.53 Å². The quantitative estimate of drug-likeness (QED) is 0.693. The van der Waals surface area contributed by atoms with Crippen LogP contribution in [0.5, 0.6) is 11.5 Å². The molecule has 6 heteroatoms. The van der Waals surface area contributed by atoms with Gasteiger partial charge in [-0.25, -0.2) is 4.79 Å². The van der Waals surface area contributed by atoms with Crippen molar-refractivity contribution in [1.82, 2.24) is 0 Å². The van der Waals surface area contributed by atoms with Crippen molar-refractivity contribution in [3.8, 4) is 11.5 Å². The molecule has 0 saturated heterocycles. The van der Waals surface area contributed by atoms with Crippen LogP contribution in [-0.4, -0.2) is 31.7 Å². The number of anilines is 1. The van der Waals surface area contributed by atoms with Crippen molar-refractivity contribution in [3.05, 3.63) is 54.1 Å². The molecule has 0 aliphatic rings. The molecule has 0 atom stereocenters. The lowest BCUT2D eigenvalue weighted by atomic mass is 10.2. The molecule has 1 amide bonds. The molecule has 0 aliphatic carbocycles. The number of rotatable bonds is 9. The van der Waals surface area contributed by atoms with E-state index in [0.29, 0.717) is 36.0 Å². The van der Waals surface area contributed by atoms with Crippen LogP contribution in [0.2, 0.25) is 0 Å². The second-order valence-electron chi connectivity index (χ2n) is 5.42. The Balaban J connectivity index is 1.93. The SMILES string of the molecule is CCCOC(=O)COc1ccc(C(=O)Nc2ccccc2OCC)cc1.